The van der Waals surface area contributed by atoms with Crippen molar-refractivity contribution >= 4 is 17.3 Å². The Morgan fingerprint density at radius 1 is 1.24 bits per heavy atom. The number of H-pyrrole nitrogens is 2. The zero-order valence-electron chi connectivity index (χ0n) is 13.6. The molecule has 1 amide bonds. The number of hydrogen-bond acceptors (Lipinski definition) is 6. The van der Waals surface area contributed by atoms with E-state index in [1.54, 1.807) is 13.8 Å². The second-order valence-electron chi connectivity index (χ2n) is 5.92. The van der Waals surface area contributed by atoms with Crippen molar-refractivity contribution < 1.29 is 13.9 Å². The number of aromatic nitrogens is 3. The number of alkyl carbamates (subject to hydrolysis) is 1. The van der Waals surface area contributed by atoms with Crippen LogP contribution >= 0.6 is 0 Å². The molecule has 0 spiro atoms. The highest BCUT2D eigenvalue weighted by Gasteiger charge is 2.28. The predicted octanol–water partition coefficient (Wildman–Crippen LogP) is 1.37. The number of nitrogens with zero attached hydrogens (tertiary/aromatic N) is 1. The number of amides is 1. The Balaban J connectivity index is 1.75. The molecule has 130 valence electrons. The van der Waals surface area contributed by atoms with E-state index in [2.05, 4.69) is 20.3 Å². The molecule has 2 heterocycles. The minimum atomic E-state index is -1.05. The first-order valence-electron chi connectivity index (χ1n) is 7.47. The summed E-state index contributed by atoms with van der Waals surface area (Å²) >= 11 is 0. The van der Waals surface area contributed by atoms with Crippen molar-refractivity contribution in [2.45, 2.75) is 26.0 Å². The number of nitrogens with one attached hydrogen (secondary N) is 3. The lowest BCUT2D eigenvalue weighted by atomic mass is 10.1. The highest BCUT2D eigenvalue weighted by Crippen LogP contribution is 2.16. The number of oxazole rings is 1. The smallest absolute Gasteiger partial charge is 0.418 e. The van der Waals surface area contributed by atoms with Gasteiger partial charge in [-0.2, -0.15) is 0 Å². The molecule has 3 aromatic rings. The van der Waals surface area contributed by atoms with Crippen molar-refractivity contribution in [3.8, 4) is 0 Å². The van der Waals surface area contributed by atoms with Crippen molar-refractivity contribution in [3.63, 3.8) is 0 Å². The van der Waals surface area contributed by atoms with Gasteiger partial charge in [-0.15, -0.1) is 0 Å². The Kier molecular flexibility index (Phi) is 4.14. The summed E-state index contributed by atoms with van der Waals surface area (Å²) in [5, 5.41) is 2.63. The number of ether oxygens (including phenoxy) is 1. The number of fused-ring (bicyclic) bond motifs is 1. The third-order valence-electron chi connectivity index (χ3n) is 3.51. The van der Waals surface area contributed by atoms with Crippen molar-refractivity contribution in [2.24, 2.45) is 0 Å². The van der Waals surface area contributed by atoms with Gasteiger partial charge in [-0.25, -0.2) is 14.6 Å². The second kappa shape index (κ2) is 6.27. The van der Waals surface area contributed by atoms with Gasteiger partial charge in [-0.3, -0.25) is 9.78 Å². The van der Waals surface area contributed by atoms with E-state index in [1.165, 1.54) is 0 Å². The van der Waals surface area contributed by atoms with Crippen LogP contribution in [-0.2, 0) is 16.9 Å². The van der Waals surface area contributed by atoms with Gasteiger partial charge in [-0.1, -0.05) is 30.3 Å². The third-order valence-corrected chi connectivity index (χ3v) is 3.51. The Labute approximate surface area is 141 Å². The number of benzene rings is 1. The van der Waals surface area contributed by atoms with Gasteiger partial charge in [0.2, 0.25) is 5.58 Å². The number of carbonyl (C=O) groups is 1. The molecule has 0 aliphatic carbocycles. The number of aromatic amines is 2. The highest BCUT2D eigenvalue weighted by atomic mass is 16.5. The normalized spacial score (nSPS) is 11.4. The maximum atomic E-state index is 12.0. The molecule has 0 saturated heterocycles. The van der Waals surface area contributed by atoms with E-state index in [1.807, 2.05) is 30.3 Å². The van der Waals surface area contributed by atoms with Gasteiger partial charge in [0.05, 0.1) is 5.54 Å². The first-order chi connectivity index (χ1) is 11.8. The van der Waals surface area contributed by atoms with Crippen molar-refractivity contribution in [3.05, 3.63) is 62.6 Å². The molecule has 0 saturated carbocycles. The molecule has 0 aliphatic rings. The lowest BCUT2D eigenvalue weighted by Gasteiger charge is -2.24. The minimum absolute atomic E-state index is 0.0104. The summed E-state index contributed by atoms with van der Waals surface area (Å²) in [5.74, 6) is -0.628. The average molecular weight is 344 g/mol. The van der Waals surface area contributed by atoms with E-state index in [0.717, 1.165) is 5.56 Å². The van der Waals surface area contributed by atoms with Crippen molar-refractivity contribution in [1.82, 2.24) is 20.3 Å². The molecule has 3 N–H and O–H groups in total. The van der Waals surface area contributed by atoms with E-state index in [9.17, 15) is 14.4 Å². The van der Waals surface area contributed by atoms with Crippen LogP contribution in [0.5, 0.6) is 0 Å². The van der Waals surface area contributed by atoms with E-state index in [0.29, 0.717) is 0 Å². The zero-order valence-corrected chi connectivity index (χ0v) is 13.6. The quantitative estimate of drug-likeness (QED) is 0.655. The standard InChI is InChI=1S/C16H16N4O5/c1-16(2,20-15(23)24-8-9-6-4-3-5-7-9)13-17-11-10(12(21)19-13)25-14(22)18-11/h3-7H,8H2,1-2H3,(H,20,23)(H2,17,18,19,21,22). The van der Waals surface area contributed by atoms with E-state index in [4.69, 9.17) is 9.15 Å². The van der Waals surface area contributed by atoms with Crippen molar-refractivity contribution in [1.29, 1.82) is 0 Å². The minimum Gasteiger partial charge on any atom is -0.445 e. The van der Waals surface area contributed by atoms with Crippen LogP contribution in [0.1, 0.15) is 25.2 Å². The fourth-order valence-corrected chi connectivity index (χ4v) is 2.23. The molecule has 9 heteroatoms. The SMILES string of the molecule is CC(C)(NC(=O)OCc1ccccc1)c1nc2[nH]c(=O)oc2c(=O)[nH]1. The van der Waals surface area contributed by atoms with Gasteiger partial charge in [0.1, 0.15) is 12.4 Å². The highest BCUT2D eigenvalue weighted by molar-refractivity contribution is 5.69. The van der Waals surface area contributed by atoms with Crippen LogP contribution in [0.3, 0.4) is 0 Å². The van der Waals surface area contributed by atoms with Gasteiger partial charge in [-0.05, 0) is 19.4 Å². The van der Waals surface area contributed by atoms with Gasteiger partial charge >= 0.3 is 11.8 Å². The fourth-order valence-electron chi connectivity index (χ4n) is 2.23. The summed E-state index contributed by atoms with van der Waals surface area (Å²) in [4.78, 5) is 44.1. The van der Waals surface area contributed by atoms with Crippen LogP contribution in [0.4, 0.5) is 4.79 Å². The number of carbonyl (C=O) groups excluding carboxylic acids is 1. The van der Waals surface area contributed by atoms with Crippen LogP contribution < -0.4 is 16.6 Å². The Morgan fingerprint density at radius 2 is 1.96 bits per heavy atom. The third kappa shape index (κ3) is 3.60. The van der Waals surface area contributed by atoms with Gasteiger partial charge in [0, 0.05) is 0 Å². The van der Waals surface area contributed by atoms with Crippen LogP contribution in [0.15, 0.2) is 44.3 Å². The van der Waals surface area contributed by atoms with E-state index in [-0.39, 0.29) is 23.7 Å². The predicted molar refractivity (Wildman–Crippen MR) is 88.0 cm³/mol. The van der Waals surface area contributed by atoms with Crippen LogP contribution in [0, 0.1) is 0 Å². The largest absolute Gasteiger partial charge is 0.445 e. The summed E-state index contributed by atoms with van der Waals surface area (Å²) < 4.78 is 9.87. The average Bonchev–Trinajstić information content (AvgIpc) is 2.94. The van der Waals surface area contributed by atoms with Crippen LogP contribution in [0.25, 0.3) is 11.2 Å². The molecule has 0 atom stereocenters. The molecule has 1 aromatic carbocycles. The Bertz CT molecular complexity index is 1020. The summed E-state index contributed by atoms with van der Waals surface area (Å²) in [5.41, 5.74) is -1.01. The van der Waals surface area contributed by atoms with Crippen molar-refractivity contribution in [2.75, 3.05) is 0 Å². The van der Waals surface area contributed by atoms with E-state index >= 15 is 0 Å². The first kappa shape index (κ1) is 16.5. The van der Waals surface area contributed by atoms with Gasteiger partial charge in [0.15, 0.2) is 5.65 Å². The molecule has 0 radical (unpaired) electrons. The lowest BCUT2D eigenvalue weighted by molar-refractivity contribution is 0.128. The zero-order chi connectivity index (χ0) is 18.0. The monoisotopic (exact) mass is 344 g/mol. The molecule has 0 fully saturated rings. The molecule has 25 heavy (non-hydrogen) atoms. The lowest BCUT2D eigenvalue weighted by Crippen LogP contribution is -2.43. The summed E-state index contributed by atoms with van der Waals surface area (Å²) in [6.45, 7) is 3.39. The summed E-state index contributed by atoms with van der Waals surface area (Å²) in [7, 11) is 0. The molecular weight excluding hydrogens is 328 g/mol. The molecule has 0 aliphatic heterocycles. The van der Waals surface area contributed by atoms with E-state index < -0.39 is 22.9 Å². The number of hydrogen-bond donors (Lipinski definition) is 3. The van der Waals surface area contributed by atoms with Crippen LogP contribution in [-0.4, -0.2) is 21.0 Å². The van der Waals surface area contributed by atoms with Gasteiger partial charge in [0.25, 0.3) is 5.56 Å². The Morgan fingerprint density at radius 3 is 2.68 bits per heavy atom. The maximum Gasteiger partial charge on any atom is 0.418 e. The van der Waals surface area contributed by atoms with Crippen LogP contribution in [0.2, 0.25) is 0 Å². The topological polar surface area (TPSA) is 130 Å². The molecule has 2 aromatic heterocycles. The first-order valence-corrected chi connectivity index (χ1v) is 7.47. The summed E-state index contributed by atoms with van der Waals surface area (Å²) in [6, 6.07) is 9.22. The molecule has 0 unspecified atom stereocenters. The molecule has 3 rings (SSSR count). The Hall–Kier alpha value is -3.36. The van der Waals surface area contributed by atoms with Gasteiger partial charge < -0.3 is 19.5 Å². The number of rotatable bonds is 4. The molecule has 9 nitrogen and oxygen atoms in total. The molecular formula is C16H16N4O5. The maximum absolute atomic E-state index is 12.0. The second-order valence-corrected chi connectivity index (χ2v) is 5.92. The fraction of sp³-hybridized carbons (Fsp3) is 0.250. The molecule has 0 bridgehead atoms. The summed E-state index contributed by atoms with van der Waals surface area (Å²) in [6.07, 6.45) is -0.669.